The topological polar surface area (TPSA) is 83.1 Å². The van der Waals surface area contributed by atoms with E-state index < -0.39 is 0 Å². The van der Waals surface area contributed by atoms with Crippen LogP contribution in [0.25, 0.3) is 0 Å². The molecule has 0 aliphatic heterocycles. The minimum atomic E-state index is -0.371. The molecule has 0 fully saturated rings. The minimum Gasteiger partial charge on any atom is -0.322 e. The van der Waals surface area contributed by atoms with Crippen molar-refractivity contribution >= 4 is 40.6 Å². The number of para-hydroxylation sites is 1. The molecule has 1 aromatic heterocycles. The molecular weight excluding hydrogens is 364 g/mol. The lowest BCUT2D eigenvalue weighted by molar-refractivity contribution is 0.102. The van der Waals surface area contributed by atoms with Crippen molar-refractivity contribution < 1.29 is 9.59 Å². The Labute approximate surface area is 161 Å². The number of halogens is 1. The Kier molecular flexibility index (Phi) is 5.68. The van der Waals surface area contributed by atoms with Crippen LogP contribution in [0.15, 0.2) is 66.9 Å². The summed E-state index contributed by atoms with van der Waals surface area (Å²) in [7, 11) is 0. The van der Waals surface area contributed by atoms with E-state index in [4.69, 9.17) is 11.6 Å². The molecule has 0 spiro atoms. The zero-order valence-electron chi connectivity index (χ0n) is 14.5. The fourth-order valence-corrected chi connectivity index (χ4v) is 2.47. The van der Waals surface area contributed by atoms with Crippen molar-refractivity contribution in [3.05, 3.63) is 83.1 Å². The van der Waals surface area contributed by atoms with Gasteiger partial charge in [-0.1, -0.05) is 35.9 Å². The van der Waals surface area contributed by atoms with Gasteiger partial charge in [0, 0.05) is 23.3 Å². The largest absolute Gasteiger partial charge is 0.323 e. The third kappa shape index (κ3) is 5.05. The number of nitrogens with one attached hydrogen (secondary N) is 3. The zero-order valence-corrected chi connectivity index (χ0v) is 15.2. The van der Waals surface area contributed by atoms with Crippen LogP contribution in [0.4, 0.5) is 21.9 Å². The maximum atomic E-state index is 12.4. The summed E-state index contributed by atoms with van der Waals surface area (Å²) in [5.41, 5.74) is 3.08. The number of hydrogen-bond donors (Lipinski definition) is 3. The van der Waals surface area contributed by atoms with Gasteiger partial charge in [0.2, 0.25) is 0 Å². The molecule has 0 atom stereocenters. The average molecular weight is 381 g/mol. The predicted octanol–water partition coefficient (Wildman–Crippen LogP) is 4.94. The van der Waals surface area contributed by atoms with Crippen molar-refractivity contribution in [1.29, 1.82) is 0 Å². The Morgan fingerprint density at radius 1 is 0.889 bits per heavy atom. The smallest absolute Gasteiger partial charge is 0.322 e. The summed E-state index contributed by atoms with van der Waals surface area (Å²) in [4.78, 5) is 28.4. The molecule has 1 heterocycles. The van der Waals surface area contributed by atoms with Gasteiger partial charge in [-0.05, 0) is 48.9 Å². The Hall–Kier alpha value is -3.38. The summed E-state index contributed by atoms with van der Waals surface area (Å²) >= 11 is 5.74. The molecule has 0 saturated carbocycles. The highest BCUT2D eigenvalue weighted by Gasteiger charge is 2.10. The molecular formula is C20H17ClN4O2. The fraction of sp³-hybridized carbons (Fsp3) is 0.0500. The molecule has 136 valence electrons. The second-order valence-corrected chi connectivity index (χ2v) is 6.19. The molecule has 0 aliphatic carbocycles. The fourth-order valence-electron chi connectivity index (χ4n) is 2.35. The lowest BCUT2D eigenvalue weighted by Gasteiger charge is -2.12. The zero-order chi connectivity index (χ0) is 19.2. The van der Waals surface area contributed by atoms with Crippen molar-refractivity contribution in [3.63, 3.8) is 0 Å². The molecule has 0 unspecified atom stereocenters. The van der Waals surface area contributed by atoms with E-state index in [0.717, 1.165) is 5.56 Å². The van der Waals surface area contributed by atoms with Crippen LogP contribution in [0.5, 0.6) is 0 Å². The van der Waals surface area contributed by atoms with Gasteiger partial charge in [-0.3, -0.25) is 4.79 Å². The number of nitrogens with zero attached hydrogens (tertiary/aromatic N) is 1. The number of carbonyl (C=O) groups excluding carboxylic acids is 2. The normalized spacial score (nSPS) is 10.1. The molecule has 3 aromatic rings. The average Bonchev–Trinajstić information content (AvgIpc) is 2.65. The number of carbonyl (C=O) groups is 2. The second-order valence-electron chi connectivity index (χ2n) is 5.80. The molecule has 0 saturated heterocycles. The molecule has 0 radical (unpaired) electrons. The van der Waals surface area contributed by atoms with E-state index in [-0.39, 0.29) is 11.9 Å². The minimum absolute atomic E-state index is 0.312. The van der Waals surface area contributed by atoms with Crippen LogP contribution in [0, 0.1) is 6.92 Å². The van der Waals surface area contributed by atoms with Gasteiger partial charge in [-0.2, -0.15) is 0 Å². The van der Waals surface area contributed by atoms with E-state index in [9.17, 15) is 9.59 Å². The molecule has 6 nitrogen and oxygen atoms in total. The summed E-state index contributed by atoms with van der Waals surface area (Å²) in [6.07, 6.45) is 1.41. The summed E-state index contributed by atoms with van der Waals surface area (Å²) in [6, 6.07) is 17.2. The highest BCUT2D eigenvalue weighted by molar-refractivity contribution is 6.29. The van der Waals surface area contributed by atoms with Gasteiger partial charge in [0.15, 0.2) is 0 Å². The van der Waals surface area contributed by atoms with E-state index in [1.165, 1.54) is 6.20 Å². The summed E-state index contributed by atoms with van der Waals surface area (Å²) < 4.78 is 0. The predicted molar refractivity (Wildman–Crippen MR) is 107 cm³/mol. The Morgan fingerprint density at radius 3 is 2.33 bits per heavy atom. The van der Waals surface area contributed by atoms with Crippen LogP contribution in [-0.4, -0.2) is 16.9 Å². The number of anilines is 3. The number of aromatic nitrogens is 1. The molecule has 0 aliphatic rings. The van der Waals surface area contributed by atoms with E-state index in [1.54, 1.807) is 36.4 Å². The van der Waals surface area contributed by atoms with E-state index >= 15 is 0 Å². The summed E-state index contributed by atoms with van der Waals surface area (Å²) in [5, 5.41) is 8.62. The van der Waals surface area contributed by atoms with E-state index in [2.05, 4.69) is 20.9 Å². The third-order valence-electron chi connectivity index (χ3n) is 3.76. The second kappa shape index (κ2) is 8.33. The van der Waals surface area contributed by atoms with Crippen LogP contribution in [0.1, 0.15) is 15.9 Å². The van der Waals surface area contributed by atoms with Crippen LogP contribution < -0.4 is 16.0 Å². The number of pyridine rings is 1. The van der Waals surface area contributed by atoms with Crippen molar-refractivity contribution in [2.45, 2.75) is 6.92 Å². The molecule has 0 bridgehead atoms. The van der Waals surface area contributed by atoms with E-state index in [0.29, 0.717) is 27.8 Å². The Balaban J connectivity index is 1.69. The standard InChI is InChI=1S/C20H17ClN4O2/c1-13-7-9-16(24-20(27)23-15-5-3-2-4-6-15)11-17(13)25-19(26)14-8-10-18(21)22-12-14/h2-12H,1H3,(H,25,26)(H2,23,24,27). The van der Waals surface area contributed by atoms with Crippen molar-refractivity contribution in [2.75, 3.05) is 16.0 Å². The first-order valence-corrected chi connectivity index (χ1v) is 8.56. The number of rotatable bonds is 4. The SMILES string of the molecule is Cc1ccc(NC(=O)Nc2ccccc2)cc1NC(=O)c1ccc(Cl)nc1. The first kappa shape index (κ1) is 18.4. The lowest BCUT2D eigenvalue weighted by Crippen LogP contribution is -2.19. The first-order valence-electron chi connectivity index (χ1n) is 8.18. The van der Waals surface area contributed by atoms with Gasteiger partial charge in [0.05, 0.1) is 5.56 Å². The van der Waals surface area contributed by atoms with Crippen LogP contribution in [-0.2, 0) is 0 Å². The quantitative estimate of drug-likeness (QED) is 0.560. The number of benzene rings is 2. The van der Waals surface area contributed by atoms with Crippen molar-refractivity contribution in [1.82, 2.24) is 4.98 Å². The number of aryl methyl sites for hydroxylation is 1. The number of hydrogen-bond acceptors (Lipinski definition) is 3. The van der Waals surface area contributed by atoms with Gasteiger partial charge >= 0.3 is 6.03 Å². The molecule has 7 heteroatoms. The third-order valence-corrected chi connectivity index (χ3v) is 3.99. The lowest BCUT2D eigenvalue weighted by atomic mass is 10.1. The van der Waals surface area contributed by atoms with Gasteiger partial charge < -0.3 is 16.0 Å². The summed E-state index contributed by atoms with van der Waals surface area (Å²) in [5.74, 6) is -0.312. The van der Waals surface area contributed by atoms with E-state index in [1.807, 2.05) is 31.2 Å². The van der Waals surface area contributed by atoms with Crippen LogP contribution in [0.2, 0.25) is 5.15 Å². The van der Waals surface area contributed by atoms with Gasteiger partial charge in [-0.15, -0.1) is 0 Å². The molecule has 3 rings (SSSR count). The van der Waals surface area contributed by atoms with Crippen LogP contribution >= 0.6 is 11.6 Å². The maximum Gasteiger partial charge on any atom is 0.323 e. The Bertz CT molecular complexity index is 959. The molecule has 3 N–H and O–H groups in total. The van der Waals surface area contributed by atoms with Gasteiger partial charge in [0.1, 0.15) is 5.15 Å². The highest BCUT2D eigenvalue weighted by Crippen LogP contribution is 2.21. The summed E-state index contributed by atoms with van der Waals surface area (Å²) in [6.45, 7) is 1.86. The Morgan fingerprint density at radius 2 is 1.63 bits per heavy atom. The van der Waals surface area contributed by atoms with Crippen LogP contribution in [0.3, 0.4) is 0 Å². The molecule has 3 amide bonds. The van der Waals surface area contributed by atoms with Crippen molar-refractivity contribution in [2.24, 2.45) is 0 Å². The van der Waals surface area contributed by atoms with Crippen molar-refractivity contribution in [3.8, 4) is 0 Å². The number of urea groups is 1. The molecule has 2 aromatic carbocycles. The maximum absolute atomic E-state index is 12.4. The first-order chi connectivity index (χ1) is 13.0. The molecule has 27 heavy (non-hydrogen) atoms. The monoisotopic (exact) mass is 380 g/mol. The van der Waals surface area contributed by atoms with Gasteiger partial charge in [0.25, 0.3) is 5.91 Å². The number of amides is 3. The highest BCUT2D eigenvalue weighted by atomic mass is 35.5. The van der Waals surface area contributed by atoms with Gasteiger partial charge in [-0.25, -0.2) is 9.78 Å².